The van der Waals surface area contributed by atoms with E-state index in [0.717, 1.165) is 5.56 Å². The van der Waals surface area contributed by atoms with E-state index in [9.17, 15) is 9.59 Å². The number of rotatable bonds is 5. The molecule has 0 spiro atoms. The van der Waals surface area contributed by atoms with Crippen molar-refractivity contribution in [2.45, 2.75) is 19.4 Å². The van der Waals surface area contributed by atoms with E-state index in [4.69, 9.17) is 17.3 Å². The molecule has 0 aliphatic heterocycles. The molecule has 1 aromatic carbocycles. The van der Waals surface area contributed by atoms with Crippen LogP contribution in [-0.4, -0.2) is 30.0 Å². The van der Waals surface area contributed by atoms with Crippen molar-refractivity contribution < 1.29 is 14.3 Å². The van der Waals surface area contributed by atoms with Crippen LogP contribution < -0.4 is 11.1 Å². The second-order valence-electron chi connectivity index (χ2n) is 5.25. The molecule has 0 aliphatic rings. The summed E-state index contributed by atoms with van der Waals surface area (Å²) in [6.07, 6.45) is 0.362. The third kappa shape index (κ3) is 4.53. The number of methoxy groups -OCH3 is 1. The maximum absolute atomic E-state index is 12.3. The smallest absolute Gasteiger partial charge is 0.322 e. The van der Waals surface area contributed by atoms with Gasteiger partial charge >= 0.3 is 5.97 Å². The Kier molecular flexibility index (Phi) is 5.89. The lowest BCUT2D eigenvalue weighted by Gasteiger charge is -2.11. The van der Waals surface area contributed by atoms with Crippen molar-refractivity contribution in [1.82, 2.24) is 4.98 Å². The molecule has 24 heavy (non-hydrogen) atoms. The lowest BCUT2D eigenvalue weighted by Crippen LogP contribution is -2.33. The molecule has 1 heterocycles. The number of nitrogens with one attached hydrogen (secondary N) is 1. The van der Waals surface area contributed by atoms with Gasteiger partial charge in [0.2, 0.25) is 0 Å². The first-order valence-corrected chi connectivity index (χ1v) is 7.65. The number of nitrogens with zero attached hydrogens (tertiary/aromatic N) is 1. The number of pyridine rings is 1. The molecule has 0 saturated carbocycles. The van der Waals surface area contributed by atoms with Crippen LogP contribution in [-0.2, 0) is 16.0 Å². The Bertz CT molecular complexity index is 747. The maximum Gasteiger partial charge on any atom is 0.322 e. The van der Waals surface area contributed by atoms with Crippen LogP contribution in [0, 0.1) is 6.92 Å². The van der Waals surface area contributed by atoms with E-state index in [1.807, 2.05) is 0 Å². The summed E-state index contributed by atoms with van der Waals surface area (Å²) in [6.45, 7) is 1.72. The van der Waals surface area contributed by atoms with Gasteiger partial charge in [-0.2, -0.15) is 0 Å². The number of ether oxygens (including phenoxy) is 1. The van der Waals surface area contributed by atoms with Gasteiger partial charge in [0.15, 0.2) is 0 Å². The summed E-state index contributed by atoms with van der Waals surface area (Å²) in [4.78, 5) is 27.6. The van der Waals surface area contributed by atoms with Crippen LogP contribution in [0.5, 0.6) is 0 Å². The lowest BCUT2D eigenvalue weighted by molar-refractivity contribution is -0.142. The van der Waals surface area contributed by atoms with Gasteiger partial charge in [0.05, 0.1) is 18.4 Å². The molecule has 126 valence electrons. The number of hydrogen-bond donors (Lipinski definition) is 2. The van der Waals surface area contributed by atoms with Crippen LogP contribution in [0.4, 0.5) is 5.69 Å². The van der Waals surface area contributed by atoms with Crippen LogP contribution >= 0.6 is 11.6 Å². The highest BCUT2D eigenvalue weighted by molar-refractivity contribution is 6.29. The minimum Gasteiger partial charge on any atom is -0.468 e. The van der Waals surface area contributed by atoms with Gasteiger partial charge < -0.3 is 15.8 Å². The van der Waals surface area contributed by atoms with Crippen molar-refractivity contribution in [3.8, 4) is 0 Å². The second-order valence-corrected chi connectivity index (χ2v) is 5.64. The van der Waals surface area contributed by atoms with E-state index in [2.05, 4.69) is 15.0 Å². The largest absolute Gasteiger partial charge is 0.468 e. The highest BCUT2D eigenvalue weighted by Gasteiger charge is 2.14. The van der Waals surface area contributed by atoms with Gasteiger partial charge in [0.1, 0.15) is 11.2 Å². The van der Waals surface area contributed by atoms with Crippen LogP contribution in [0.1, 0.15) is 21.6 Å². The van der Waals surface area contributed by atoms with Crippen molar-refractivity contribution in [3.63, 3.8) is 0 Å². The number of carbonyl (C=O) groups is 2. The molecular formula is C17H18ClN3O3. The van der Waals surface area contributed by atoms with E-state index >= 15 is 0 Å². The number of esters is 1. The predicted molar refractivity (Wildman–Crippen MR) is 92.1 cm³/mol. The molecule has 6 nitrogen and oxygen atoms in total. The van der Waals surface area contributed by atoms with Crippen molar-refractivity contribution in [3.05, 3.63) is 58.4 Å². The van der Waals surface area contributed by atoms with Crippen LogP contribution in [0.25, 0.3) is 0 Å². The van der Waals surface area contributed by atoms with Crippen molar-refractivity contribution >= 4 is 29.2 Å². The van der Waals surface area contributed by atoms with Crippen LogP contribution in [0.2, 0.25) is 5.15 Å². The molecule has 1 atom stereocenters. The zero-order valence-corrected chi connectivity index (χ0v) is 14.1. The second kappa shape index (κ2) is 7.90. The number of amides is 1. The number of carbonyl (C=O) groups excluding carboxylic acids is 2. The SMILES string of the molecule is COC(=O)C(N)Cc1ccc(NC(=O)c2ccc(Cl)nc2C)cc1. The normalized spacial score (nSPS) is 11.7. The van der Waals surface area contributed by atoms with Crippen molar-refractivity contribution in [2.24, 2.45) is 5.73 Å². The number of halogens is 1. The van der Waals surface area contributed by atoms with Gasteiger partial charge in [0.25, 0.3) is 5.91 Å². The first-order chi connectivity index (χ1) is 11.4. The first kappa shape index (κ1) is 17.9. The van der Waals surface area contributed by atoms with E-state index in [1.165, 1.54) is 7.11 Å². The maximum atomic E-state index is 12.3. The number of benzene rings is 1. The summed E-state index contributed by atoms with van der Waals surface area (Å²) < 4.78 is 4.59. The Balaban J connectivity index is 2.03. The van der Waals surface area contributed by atoms with Gasteiger partial charge in [-0.05, 0) is 43.2 Å². The van der Waals surface area contributed by atoms with Gasteiger partial charge in [-0.25, -0.2) is 4.98 Å². The van der Waals surface area contributed by atoms with Crippen molar-refractivity contribution in [2.75, 3.05) is 12.4 Å². The average molecular weight is 348 g/mol. The Labute approximate surface area is 145 Å². The standard InChI is InChI=1S/C17H18ClN3O3/c1-10-13(7-8-15(18)20-10)16(22)21-12-5-3-11(4-6-12)9-14(19)17(23)24-2/h3-8,14H,9,19H2,1-2H3,(H,21,22). The number of aromatic nitrogens is 1. The number of nitrogens with two attached hydrogens (primary N) is 1. The number of anilines is 1. The zero-order chi connectivity index (χ0) is 17.7. The van der Waals surface area contributed by atoms with Gasteiger partial charge in [-0.1, -0.05) is 23.7 Å². The molecule has 2 rings (SSSR count). The molecule has 2 aromatic rings. The van der Waals surface area contributed by atoms with E-state index in [0.29, 0.717) is 28.5 Å². The van der Waals surface area contributed by atoms with Gasteiger partial charge in [-0.15, -0.1) is 0 Å². The average Bonchev–Trinajstić information content (AvgIpc) is 2.55. The molecule has 7 heteroatoms. The number of hydrogen-bond acceptors (Lipinski definition) is 5. The lowest BCUT2D eigenvalue weighted by atomic mass is 10.1. The molecule has 0 aliphatic carbocycles. The number of aryl methyl sites for hydroxylation is 1. The van der Waals surface area contributed by atoms with E-state index < -0.39 is 12.0 Å². The van der Waals surface area contributed by atoms with E-state index in [1.54, 1.807) is 43.3 Å². The summed E-state index contributed by atoms with van der Waals surface area (Å²) in [7, 11) is 1.30. The zero-order valence-electron chi connectivity index (χ0n) is 13.4. The molecule has 3 N–H and O–H groups in total. The Hall–Kier alpha value is -2.44. The predicted octanol–water partition coefficient (Wildman–Crippen LogP) is 2.34. The fourth-order valence-corrected chi connectivity index (χ4v) is 2.37. The van der Waals surface area contributed by atoms with Crippen LogP contribution in [0.15, 0.2) is 36.4 Å². The monoisotopic (exact) mass is 347 g/mol. The summed E-state index contributed by atoms with van der Waals surface area (Å²) in [5, 5.41) is 3.13. The third-order valence-corrected chi connectivity index (χ3v) is 3.68. The Morgan fingerprint density at radius 3 is 2.50 bits per heavy atom. The van der Waals surface area contributed by atoms with Gasteiger partial charge in [0, 0.05) is 5.69 Å². The van der Waals surface area contributed by atoms with Gasteiger partial charge in [-0.3, -0.25) is 9.59 Å². The third-order valence-electron chi connectivity index (χ3n) is 3.47. The molecule has 0 saturated heterocycles. The topological polar surface area (TPSA) is 94.3 Å². The van der Waals surface area contributed by atoms with Crippen LogP contribution in [0.3, 0.4) is 0 Å². The molecule has 0 bridgehead atoms. The molecule has 0 fully saturated rings. The summed E-state index contributed by atoms with van der Waals surface area (Å²) in [6, 6.07) is 9.57. The summed E-state index contributed by atoms with van der Waals surface area (Å²) in [5.41, 5.74) is 8.23. The van der Waals surface area contributed by atoms with E-state index in [-0.39, 0.29) is 5.91 Å². The highest BCUT2D eigenvalue weighted by atomic mass is 35.5. The quantitative estimate of drug-likeness (QED) is 0.639. The molecule has 1 unspecified atom stereocenters. The minimum absolute atomic E-state index is 0.268. The summed E-state index contributed by atoms with van der Waals surface area (Å²) in [5.74, 6) is -0.728. The molecule has 0 radical (unpaired) electrons. The molecular weight excluding hydrogens is 330 g/mol. The highest BCUT2D eigenvalue weighted by Crippen LogP contribution is 2.15. The first-order valence-electron chi connectivity index (χ1n) is 7.27. The Morgan fingerprint density at radius 2 is 1.92 bits per heavy atom. The Morgan fingerprint density at radius 1 is 1.25 bits per heavy atom. The van der Waals surface area contributed by atoms with Crippen molar-refractivity contribution in [1.29, 1.82) is 0 Å². The fourth-order valence-electron chi connectivity index (χ4n) is 2.18. The summed E-state index contributed by atoms with van der Waals surface area (Å²) >= 11 is 5.79. The minimum atomic E-state index is -0.710. The molecule has 1 amide bonds. The fraction of sp³-hybridized carbons (Fsp3) is 0.235. The molecule has 1 aromatic heterocycles.